The van der Waals surface area contributed by atoms with Crippen molar-refractivity contribution >= 4 is 13.8 Å². The molecule has 0 aromatic rings. The third kappa shape index (κ3) is 1.75. The minimum Gasteiger partial charge on any atom is -0.430 e. The van der Waals surface area contributed by atoms with Crippen LogP contribution in [0.3, 0.4) is 0 Å². The lowest BCUT2D eigenvalue weighted by Crippen LogP contribution is -2.20. The molecule has 0 aromatic carbocycles. The summed E-state index contributed by atoms with van der Waals surface area (Å²) in [6.07, 6.45) is 0. The van der Waals surface area contributed by atoms with E-state index in [1.54, 1.807) is 14.2 Å². The zero-order valence-electron chi connectivity index (χ0n) is 6.28. The van der Waals surface area contributed by atoms with Crippen LogP contribution in [0.25, 0.3) is 0 Å². The molecule has 0 saturated heterocycles. The van der Waals surface area contributed by atoms with Gasteiger partial charge in [0, 0.05) is 14.2 Å². The highest BCUT2D eigenvalue weighted by atomic mass is 16.4. The fraction of sp³-hybridized carbons (Fsp3) is 0.333. The Kier molecular flexibility index (Phi) is 2.78. The zero-order valence-corrected chi connectivity index (χ0v) is 6.28. The molecule has 1 aliphatic rings. The summed E-state index contributed by atoms with van der Waals surface area (Å²) in [5, 5.41) is 0. The summed E-state index contributed by atoms with van der Waals surface area (Å²) in [5.41, 5.74) is 0. The van der Waals surface area contributed by atoms with Crippen LogP contribution in [-0.4, -0.2) is 28.1 Å². The van der Waals surface area contributed by atoms with Crippen molar-refractivity contribution in [2.75, 3.05) is 14.2 Å². The summed E-state index contributed by atoms with van der Waals surface area (Å²) in [6, 6.07) is 0. The van der Waals surface area contributed by atoms with E-state index in [-0.39, 0.29) is 13.8 Å². The van der Waals surface area contributed by atoms with Crippen LogP contribution in [-0.2, 0) is 9.31 Å². The highest BCUT2D eigenvalue weighted by Gasteiger charge is 2.14. The Bertz CT molecular complexity index is 126. The summed E-state index contributed by atoms with van der Waals surface area (Å²) in [6.45, 7) is 0.262. The Morgan fingerprint density at radius 1 is 0.800 bits per heavy atom. The van der Waals surface area contributed by atoms with E-state index in [1.807, 2.05) is 23.9 Å². The van der Waals surface area contributed by atoms with Gasteiger partial charge in [-0.1, -0.05) is 23.9 Å². The molecular formula is C6H10B2O2. The Hall–Kier alpha value is -0.470. The molecule has 1 aliphatic heterocycles. The highest BCUT2D eigenvalue weighted by Crippen LogP contribution is 2.00. The van der Waals surface area contributed by atoms with Gasteiger partial charge in [-0.05, 0) is 0 Å². The number of rotatable bonds is 2. The average Bonchev–Trinajstić information content (AvgIpc) is 2.05. The first kappa shape index (κ1) is 7.63. The van der Waals surface area contributed by atoms with Crippen LogP contribution in [0.2, 0.25) is 0 Å². The van der Waals surface area contributed by atoms with Crippen LogP contribution in [0, 0.1) is 0 Å². The molecule has 0 N–H and O–H groups in total. The first-order valence-corrected chi connectivity index (χ1v) is 3.29. The van der Waals surface area contributed by atoms with Crippen LogP contribution in [0.15, 0.2) is 23.9 Å². The topological polar surface area (TPSA) is 18.5 Å². The lowest BCUT2D eigenvalue weighted by Gasteiger charge is -2.08. The predicted molar refractivity (Wildman–Crippen MR) is 43.8 cm³/mol. The van der Waals surface area contributed by atoms with Crippen LogP contribution >= 0.6 is 0 Å². The summed E-state index contributed by atoms with van der Waals surface area (Å²) in [4.78, 5) is 0. The first-order chi connectivity index (χ1) is 4.86. The Morgan fingerprint density at radius 2 is 1.10 bits per heavy atom. The monoisotopic (exact) mass is 136 g/mol. The Balaban J connectivity index is 2.45. The van der Waals surface area contributed by atoms with Crippen LogP contribution in [0.1, 0.15) is 0 Å². The van der Waals surface area contributed by atoms with E-state index in [4.69, 9.17) is 9.31 Å². The molecule has 4 heteroatoms. The van der Waals surface area contributed by atoms with Gasteiger partial charge in [-0.25, -0.2) is 0 Å². The van der Waals surface area contributed by atoms with Gasteiger partial charge in [-0.3, -0.25) is 0 Å². The average molecular weight is 136 g/mol. The SMILES string of the molecule is COB1C=CB(OC)C=C1. The maximum atomic E-state index is 5.05. The van der Waals surface area contributed by atoms with Crippen molar-refractivity contribution in [2.45, 2.75) is 0 Å². The van der Waals surface area contributed by atoms with Crippen molar-refractivity contribution in [2.24, 2.45) is 0 Å². The molecule has 0 aromatic heterocycles. The quantitative estimate of drug-likeness (QED) is 0.515. The molecule has 2 nitrogen and oxygen atoms in total. The van der Waals surface area contributed by atoms with Gasteiger partial charge in [0.15, 0.2) is 0 Å². The van der Waals surface area contributed by atoms with E-state index in [0.29, 0.717) is 0 Å². The van der Waals surface area contributed by atoms with Gasteiger partial charge in [0.05, 0.1) is 0 Å². The van der Waals surface area contributed by atoms with E-state index >= 15 is 0 Å². The Labute approximate surface area is 62.1 Å². The first-order valence-electron chi connectivity index (χ1n) is 3.29. The van der Waals surface area contributed by atoms with Gasteiger partial charge in [-0.2, -0.15) is 0 Å². The molecule has 0 atom stereocenters. The van der Waals surface area contributed by atoms with Crippen molar-refractivity contribution < 1.29 is 9.31 Å². The van der Waals surface area contributed by atoms with Gasteiger partial charge in [0.1, 0.15) is 0 Å². The second-order valence-electron chi connectivity index (χ2n) is 2.17. The second kappa shape index (κ2) is 3.64. The summed E-state index contributed by atoms with van der Waals surface area (Å²) < 4.78 is 10.1. The van der Waals surface area contributed by atoms with Gasteiger partial charge < -0.3 is 9.31 Å². The van der Waals surface area contributed by atoms with E-state index in [2.05, 4.69) is 0 Å². The van der Waals surface area contributed by atoms with E-state index in [1.165, 1.54) is 0 Å². The van der Waals surface area contributed by atoms with Gasteiger partial charge in [0.25, 0.3) is 0 Å². The predicted octanol–water partition coefficient (Wildman–Crippen LogP) is 0.545. The number of hydrogen-bond donors (Lipinski definition) is 0. The molecule has 0 saturated carbocycles. The summed E-state index contributed by atoms with van der Waals surface area (Å²) >= 11 is 0. The normalized spacial score (nSPS) is 16.6. The molecule has 0 bridgehead atoms. The van der Waals surface area contributed by atoms with Crippen molar-refractivity contribution in [3.8, 4) is 0 Å². The molecule has 1 heterocycles. The summed E-state index contributed by atoms with van der Waals surface area (Å²) in [7, 11) is 3.37. The van der Waals surface area contributed by atoms with E-state index in [0.717, 1.165) is 0 Å². The maximum absolute atomic E-state index is 5.05. The van der Waals surface area contributed by atoms with Crippen LogP contribution in [0.4, 0.5) is 0 Å². The molecule has 52 valence electrons. The fourth-order valence-electron chi connectivity index (χ4n) is 0.881. The molecule has 0 spiro atoms. The molecule has 10 heavy (non-hydrogen) atoms. The molecular weight excluding hydrogens is 126 g/mol. The van der Waals surface area contributed by atoms with E-state index in [9.17, 15) is 0 Å². The third-order valence-corrected chi connectivity index (χ3v) is 1.53. The van der Waals surface area contributed by atoms with Gasteiger partial charge in [0.2, 0.25) is 0 Å². The minimum absolute atomic E-state index is 0.131. The molecule has 0 unspecified atom stereocenters. The van der Waals surface area contributed by atoms with Crippen molar-refractivity contribution in [3.05, 3.63) is 23.9 Å². The van der Waals surface area contributed by atoms with Crippen LogP contribution < -0.4 is 0 Å². The lowest BCUT2D eigenvalue weighted by atomic mass is 9.52. The number of hydrogen-bond acceptors (Lipinski definition) is 2. The Morgan fingerprint density at radius 3 is 1.30 bits per heavy atom. The van der Waals surface area contributed by atoms with Crippen LogP contribution in [0.5, 0.6) is 0 Å². The van der Waals surface area contributed by atoms with E-state index < -0.39 is 0 Å². The summed E-state index contributed by atoms with van der Waals surface area (Å²) in [5.74, 6) is 7.92. The molecule has 0 aliphatic carbocycles. The van der Waals surface area contributed by atoms with Gasteiger partial charge in [-0.15, -0.1) is 0 Å². The smallest absolute Gasteiger partial charge is 0.344 e. The minimum atomic E-state index is 0.131. The van der Waals surface area contributed by atoms with Crippen molar-refractivity contribution in [1.82, 2.24) is 0 Å². The highest BCUT2D eigenvalue weighted by molar-refractivity contribution is 6.74. The maximum Gasteiger partial charge on any atom is 0.344 e. The third-order valence-electron chi connectivity index (χ3n) is 1.53. The second-order valence-corrected chi connectivity index (χ2v) is 2.17. The largest absolute Gasteiger partial charge is 0.430 e. The molecule has 0 amide bonds. The standard InChI is InChI=1S/C6H10B2O2/c1-9-7-3-5-8(10-2)6-4-7/h3-6H,1-2H3. The van der Waals surface area contributed by atoms with Gasteiger partial charge >= 0.3 is 13.8 Å². The lowest BCUT2D eigenvalue weighted by molar-refractivity contribution is 0.431. The molecule has 1 rings (SSSR count). The molecule has 0 fully saturated rings. The fourth-order valence-corrected chi connectivity index (χ4v) is 0.881. The van der Waals surface area contributed by atoms with Crippen molar-refractivity contribution in [3.63, 3.8) is 0 Å². The zero-order chi connectivity index (χ0) is 7.40. The molecule has 0 radical (unpaired) electrons. The van der Waals surface area contributed by atoms with Crippen molar-refractivity contribution in [1.29, 1.82) is 0 Å².